The molecule has 0 aliphatic rings. The molecule has 0 bridgehead atoms. The van der Waals surface area contributed by atoms with E-state index in [0.717, 1.165) is 4.70 Å². The number of benzene rings is 2. The van der Waals surface area contributed by atoms with Gasteiger partial charge in [0.15, 0.2) is 0 Å². The summed E-state index contributed by atoms with van der Waals surface area (Å²) in [6, 6.07) is 11.4. The van der Waals surface area contributed by atoms with Crippen molar-refractivity contribution in [1.82, 2.24) is 4.98 Å². The van der Waals surface area contributed by atoms with Crippen molar-refractivity contribution in [3.63, 3.8) is 0 Å². The first-order valence-corrected chi connectivity index (χ1v) is 9.03. The highest BCUT2D eigenvalue weighted by atomic mass is 32.2. The lowest BCUT2D eigenvalue weighted by Gasteiger charge is -2.02. The van der Waals surface area contributed by atoms with Gasteiger partial charge in [-0.25, -0.2) is 9.78 Å². The molecule has 1 atom stereocenters. The van der Waals surface area contributed by atoms with Gasteiger partial charge in [-0.3, -0.25) is 9.62 Å². The van der Waals surface area contributed by atoms with Gasteiger partial charge in [-0.1, -0.05) is 12.1 Å². The molecule has 0 fully saturated rings. The number of nitrogens with two attached hydrogens (primary N) is 1. The van der Waals surface area contributed by atoms with E-state index in [4.69, 9.17) is 16.2 Å². The summed E-state index contributed by atoms with van der Waals surface area (Å²) in [6.45, 7) is 0. The lowest BCUT2D eigenvalue weighted by molar-refractivity contribution is 0.0697. The average Bonchev–Trinajstić information content (AvgIpc) is 2.96. The number of nitrogens with one attached hydrogen (secondary N) is 1. The van der Waals surface area contributed by atoms with Crippen LogP contribution < -0.4 is 5.73 Å². The zero-order chi connectivity index (χ0) is 17.3. The molecule has 24 heavy (non-hydrogen) atoms. The molecule has 0 spiro atoms. The van der Waals surface area contributed by atoms with Gasteiger partial charge < -0.3 is 10.8 Å². The Morgan fingerprint density at radius 1 is 1.21 bits per heavy atom. The van der Waals surface area contributed by atoms with Crippen molar-refractivity contribution in [2.45, 2.75) is 10.6 Å². The second-order valence-electron chi connectivity index (χ2n) is 5.02. The van der Waals surface area contributed by atoms with E-state index in [1.54, 1.807) is 30.3 Å². The Morgan fingerprint density at radius 3 is 2.50 bits per heavy atom. The third-order valence-corrected chi connectivity index (χ3v) is 5.91. The second kappa shape index (κ2) is 6.50. The molecule has 0 radical (unpaired) electrons. The normalized spacial score (nSPS) is 12.2. The minimum atomic E-state index is -1.28. The zero-order valence-corrected chi connectivity index (χ0v) is 14.0. The van der Waals surface area contributed by atoms with Crippen LogP contribution in [0.3, 0.4) is 0 Å². The molecule has 0 aliphatic carbocycles. The van der Waals surface area contributed by atoms with Crippen molar-refractivity contribution in [3.8, 4) is 0 Å². The van der Waals surface area contributed by atoms with Gasteiger partial charge in [-0.15, -0.1) is 11.3 Å². The fraction of sp³-hybridized carbons (Fsp3) is 0.0625. The number of nitrogens with zero attached hydrogens (tertiary/aromatic N) is 1. The fourth-order valence-corrected chi connectivity index (χ4v) is 4.35. The summed E-state index contributed by atoms with van der Waals surface area (Å²) in [5, 5.41) is 17.0. The molecule has 0 saturated carbocycles. The smallest absolute Gasteiger partial charge is 0.335 e. The first-order valence-electron chi connectivity index (χ1n) is 6.89. The number of fused-ring (bicyclic) bond motifs is 1. The van der Waals surface area contributed by atoms with Crippen molar-refractivity contribution in [2.24, 2.45) is 5.73 Å². The van der Waals surface area contributed by atoms with E-state index in [1.807, 2.05) is 0 Å². The van der Waals surface area contributed by atoms with Crippen LogP contribution in [0.25, 0.3) is 10.2 Å². The van der Waals surface area contributed by atoms with Crippen LogP contribution >= 0.6 is 11.3 Å². The zero-order valence-electron chi connectivity index (χ0n) is 12.4. The van der Waals surface area contributed by atoms with E-state index in [0.29, 0.717) is 21.0 Å². The SMILES string of the molecule is N=C(N)c1ccc(S(=O)Cc2nc3cc(C(=O)O)ccc3s2)cc1. The predicted octanol–water partition coefficient (Wildman–Crippen LogP) is 2.59. The molecule has 0 saturated heterocycles. The summed E-state index contributed by atoms with van der Waals surface area (Å²) in [5.41, 5.74) is 6.75. The number of hydrogen-bond donors (Lipinski definition) is 3. The van der Waals surface area contributed by atoms with Crippen molar-refractivity contribution in [3.05, 3.63) is 58.6 Å². The molecule has 1 unspecified atom stereocenters. The number of carboxylic acids is 1. The lowest BCUT2D eigenvalue weighted by Crippen LogP contribution is -2.10. The van der Waals surface area contributed by atoms with Gasteiger partial charge in [0.25, 0.3) is 0 Å². The van der Waals surface area contributed by atoms with Crippen LogP contribution in [0.5, 0.6) is 0 Å². The number of carboxylic acid groups (broad SMARTS) is 1. The Hall–Kier alpha value is -2.58. The molecular weight excluding hydrogens is 346 g/mol. The Balaban J connectivity index is 1.82. The molecule has 8 heteroatoms. The van der Waals surface area contributed by atoms with Gasteiger partial charge in [0, 0.05) is 10.5 Å². The van der Waals surface area contributed by atoms with Gasteiger partial charge in [0.05, 0.1) is 32.3 Å². The molecule has 4 N–H and O–H groups in total. The Kier molecular flexibility index (Phi) is 4.41. The quantitative estimate of drug-likeness (QED) is 0.478. The third-order valence-electron chi connectivity index (χ3n) is 3.36. The van der Waals surface area contributed by atoms with E-state index >= 15 is 0 Å². The number of hydrogen-bond acceptors (Lipinski definition) is 5. The maximum atomic E-state index is 12.4. The Labute approximate surface area is 143 Å². The molecule has 0 aliphatic heterocycles. The van der Waals surface area contributed by atoms with Gasteiger partial charge >= 0.3 is 5.97 Å². The first-order chi connectivity index (χ1) is 11.4. The largest absolute Gasteiger partial charge is 0.478 e. The summed E-state index contributed by atoms with van der Waals surface area (Å²) >= 11 is 1.40. The minimum absolute atomic E-state index is 0.0345. The van der Waals surface area contributed by atoms with Crippen LogP contribution in [-0.4, -0.2) is 26.1 Å². The first kappa shape index (κ1) is 16.3. The number of rotatable bonds is 5. The number of amidine groups is 1. The molecule has 122 valence electrons. The predicted molar refractivity (Wildman–Crippen MR) is 94.1 cm³/mol. The molecule has 6 nitrogen and oxygen atoms in total. The van der Waals surface area contributed by atoms with Gasteiger partial charge in [0.2, 0.25) is 0 Å². The van der Waals surface area contributed by atoms with E-state index in [-0.39, 0.29) is 17.2 Å². The summed E-state index contributed by atoms with van der Waals surface area (Å²) in [7, 11) is -1.28. The third kappa shape index (κ3) is 3.34. The van der Waals surface area contributed by atoms with E-state index < -0.39 is 16.8 Å². The summed E-state index contributed by atoms with van der Waals surface area (Å²) < 4.78 is 13.3. The molecule has 0 amide bonds. The molecule has 2 aromatic carbocycles. The number of nitrogen functional groups attached to an aromatic ring is 1. The fourth-order valence-electron chi connectivity index (χ4n) is 2.15. The van der Waals surface area contributed by atoms with Crippen LogP contribution in [0.15, 0.2) is 47.4 Å². The van der Waals surface area contributed by atoms with Gasteiger partial charge in [0.1, 0.15) is 10.8 Å². The van der Waals surface area contributed by atoms with Crippen LogP contribution in [-0.2, 0) is 16.6 Å². The van der Waals surface area contributed by atoms with Crippen LogP contribution in [0.2, 0.25) is 0 Å². The van der Waals surface area contributed by atoms with E-state index in [2.05, 4.69) is 4.98 Å². The molecule has 1 aromatic heterocycles. The number of carbonyl (C=O) groups is 1. The van der Waals surface area contributed by atoms with Crippen molar-refractivity contribution in [2.75, 3.05) is 0 Å². The summed E-state index contributed by atoms with van der Waals surface area (Å²) in [6.07, 6.45) is 0. The molecule has 3 rings (SSSR count). The highest BCUT2D eigenvalue weighted by Gasteiger charge is 2.12. The van der Waals surface area contributed by atoms with Gasteiger partial charge in [-0.2, -0.15) is 0 Å². The highest BCUT2D eigenvalue weighted by molar-refractivity contribution is 7.84. The van der Waals surface area contributed by atoms with Crippen molar-refractivity contribution < 1.29 is 14.1 Å². The average molecular weight is 359 g/mol. The lowest BCUT2D eigenvalue weighted by atomic mass is 10.2. The number of aromatic carboxylic acids is 1. The maximum absolute atomic E-state index is 12.4. The minimum Gasteiger partial charge on any atom is -0.478 e. The van der Waals surface area contributed by atoms with Crippen molar-refractivity contribution in [1.29, 1.82) is 5.41 Å². The second-order valence-corrected chi connectivity index (χ2v) is 7.59. The van der Waals surface area contributed by atoms with Crippen LogP contribution in [0, 0.1) is 5.41 Å². The standard InChI is InChI=1S/C16H13N3O3S2/c17-15(18)9-1-4-11(5-2-9)24(22)8-14-19-12-7-10(16(20)21)3-6-13(12)23-14/h1-7H,8H2,(H3,17,18)(H,20,21). The highest BCUT2D eigenvalue weighted by Crippen LogP contribution is 2.25. The summed E-state index contributed by atoms with van der Waals surface area (Å²) in [4.78, 5) is 16.0. The van der Waals surface area contributed by atoms with Crippen molar-refractivity contribution >= 4 is 44.2 Å². The van der Waals surface area contributed by atoms with Crippen LogP contribution in [0.1, 0.15) is 20.9 Å². The Morgan fingerprint density at radius 2 is 1.88 bits per heavy atom. The molecule has 3 aromatic rings. The number of thiazole rings is 1. The maximum Gasteiger partial charge on any atom is 0.335 e. The van der Waals surface area contributed by atoms with E-state index in [9.17, 15) is 9.00 Å². The van der Waals surface area contributed by atoms with Crippen LogP contribution in [0.4, 0.5) is 0 Å². The van der Waals surface area contributed by atoms with Gasteiger partial charge in [-0.05, 0) is 30.3 Å². The topological polar surface area (TPSA) is 117 Å². The molecular formula is C16H13N3O3S2. The van der Waals surface area contributed by atoms with E-state index in [1.165, 1.54) is 23.5 Å². The number of aromatic nitrogens is 1. The summed E-state index contributed by atoms with van der Waals surface area (Å²) in [5.74, 6) is -0.783. The molecule has 1 heterocycles. The Bertz CT molecular complexity index is 964. The monoisotopic (exact) mass is 359 g/mol.